The number of ether oxygens (including phenoxy) is 1. The number of hydrogen-bond acceptors (Lipinski definition) is 5. The van der Waals surface area contributed by atoms with Crippen LogP contribution in [0.1, 0.15) is 28.8 Å². The molecular weight excluding hydrogens is 310 g/mol. The molecule has 1 aromatic carbocycles. The fourth-order valence-corrected chi connectivity index (χ4v) is 3.16. The van der Waals surface area contributed by atoms with Crippen molar-refractivity contribution < 1.29 is 19.5 Å². The van der Waals surface area contributed by atoms with E-state index in [4.69, 9.17) is 9.94 Å². The number of carbonyl (C=O) groups is 2. The SMILES string of the molecule is CN1CCC2(CC1)Oc1ccc(C=CC(=O)NO)cc1C(=O)N2C. The quantitative estimate of drug-likeness (QED) is 0.482. The molecule has 2 aliphatic rings. The van der Waals surface area contributed by atoms with Crippen molar-refractivity contribution in [3.05, 3.63) is 35.4 Å². The molecule has 2 amide bonds. The molecule has 0 bridgehead atoms. The second kappa shape index (κ2) is 6.26. The predicted molar refractivity (Wildman–Crippen MR) is 87.6 cm³/mol. The van der Waals surface area contributed by atoms with Crippen LogP contribution in [0.3, 0.4) is 0 Å². The van der Waals surface area contributed by atoms with Crippen LogP contribution in [0, 0.1) is 0 Å². The first-order valence-electron chi connectivity index (χ1n) is 7.87. The van der Waals surface area contributed by atoms with Gasteiger partial charge in [0.25, 0.3) is 11.8 Å². The molecule has 1 spiro atoms. The lowest BCUT2D eigenvalue weighted by Gasteiger charge is -2.49. The van der Waals surface area contributed by atoms with Crippen molar-refractivity contribution >= 4 is 17.9 Å². The highest BCUT2D eigenvalue weighted by atomic mass is 16.5. The zero-order chi connectivity index (χ0) is 17.3. The standard InChI is InChI=1S/C17H21N3O4/c1-19-9-7-17(8-10-19)20(2)16(22)13-11-12(3-5-14(13)24-17)4-6-15(21)18-23/h3-6,11,23H,7-10H2,1-2H3,(H,18,21). The molecule has 0 aliphatic carbocycles. The van der Waals surface area contributed by atoms with E-state index >= 15 is 0 Å². The normalized spacial score (nSPS) is 20.1. The predicted octanol–water partition coefficient (Wildman–Crippen LogP) is 1.09. The third-order valence-electron chi connectivity index (χ3n) is 4.76. The highest BCUT2D eigenvalue weighted by molar-refractivity contribution is 5.99. The highest BCUT2D eigenvalue weighted by Gasteiger charge is 2.46. The molecule has 0 unspecified atom stereocenters. The number of carbonyl (C=O) groups excluding carboxylic acids is 2. The molecule has 2 N–H and O–H groups in total. The molecule has 7 nitrogen and oxygen atoms in total. The van der Waals surface area contributed by atoms with Gasteiger partial charge in [-0.05, 0) is 30.8 Å². The van der Waals surface area contributed by atoms with Crippen molar-refractivity contribution in [2.45, 2.75) is 18.6 Å². The molecule has 0 atom stereocenters. The first kappa shape index (κ1) is 16.5. The molecule has 1 aromatic rings. The van der Waals surface area contributed by atoms with Gasteiger partial charge in [-0.2, -0.15) is 0 Å². The van der Waals surface area contributed by atoms with Gasteiger partial charge in [-0.25, -0.2) is 5.48 Å². The van der Waals surface area contributed by atoms with E-state index in [-0.39, 0.29) is 5.91 Å². The summed E-state index contributed by atoms with van der Waals surface area (Å²) in [6.07, 6.45) is 4.25. The summed E-state index contributed by atoms with van der Waals surface area (Å²) in [6.45, 7) is 1.76. The molecule has 24 heavy (non-hydrogen) atoms. The van der Waals surface area contributed by atoms with E-state index in [1.807, 2.05) is 0 Å². The number of amides is 2. The highest BCUT2D eigenvalue weighted by Crippen LogP contribution is 2.38. The molecule has 128 valence electrons. The minimum atomic E-state index is -0.627. The average molecular weight is 331 g/mol. The first-order valence-corrected chi connectivity index (χ1v) is 7.87. The van der Waals surface area contributed by atoms with Gasteiger partial charge >= 0.3 is 0 Å². The van der Waals surface area contributed by atoms with Crippen LogP contribution in [0.15, 0.2) is 24.3 Å². The topological polar surface area (TPSA) is 82.1 Å². The van der Waals surface area contributed by atoms with Crippen LogP contribution >= 0.6 is 0 Å². The summed E-state index contributed by atoms with van der Waals surface area (Å²) < 4.78 is 6.23. The van der Waals surface area contributed by atoms with Crippen LogP contribution in [0.2, 0.25) is 0 Å². The number of rotatable bonds is 2. The van der Waals surface area contributed by atoms with Crippen LogP contribution in [-0.4, -0.2) is 59.7 Å². The van der Waals surface area contributed by atoms with E-state index in [9.17, 15) is 9.59 Å². The fourth-order valence-electron chi connectivity index (χ4n) is 3.16. The number of nitrogens with zero attached hydrogens (tertiary/aromatic N) is 2. The van der Waals surface area contributed by atoms with Crippen molar-refractivity contribution in [3.63, 3.8) is 0 Å². The van der Waals surface area contributed by atoms with Gasteiger partial charge in [0.1, 0.15) is 5.75 Å². The maximum Gasteiger partial charge on any atom is 0.267 e. The van der Waals surface area contributed by atoms with Gasteiger partial charge in [0, 0.05) is 39.1 Å². The molecule has 2 aliphatic heterocycles. The summed E-state index contributed by atoms with van der Waals surface area (Å²) in [5.41, 5.74) is 2.11. The maximum absolute atomic E-state index is 12.8. The van der Waals surface area contributed by atoms with Crippen molar-refractivity contribution in [2.24, 2.45) is 0 Å². The number of hydroxylamine groups is 1. The smallest absolute Gasteiger partial charge is 0.267 e. The average Bonchev–Trinajstić information content (AvgIpc) is 2.60. The Kier molecular flexibility index (Phi) is 4.29. The lowest BCUT2D eigenvalue weighted by atomic mass is 9.95. The molecule has 2 heterocycles. The third kappa shape index (κ3) is 2.88. The summed E-state index contributed by atoms with van der Waals surface area (Å²) >= 11 is 0. The number of hydrogen-bond donors (Lipinski definition) is 2. The summed E-state index contributed by atoms with van der Waals surface area (Å²) in [7, 11) is 3.84. The molecular formula is C17H21N3O4. The van der Waals surface area contributed by atoms with Gasteiger partial charge in [-0.3, -0.25) is 14.8 Å². The van der Waals surface area contributed by atoms with Crippen molar-refractivity contribution in [1.29, 1.82) is 0 Å². The van der Waals surface area contributed by atoms with Gasteiger partial charge in [0.05, 0.1) is 5.56 Å². The minimum Gasteiger partial charge on any atom is -0.467 e. The Morgan fingerprint density at radius 3 is 2.71 bits per heavy atom. The van der Waals surface area contributed by atoms with Gasteiger partial charge in [-0.1, -0.05) is 6.07 Å². The molecule has 0 aromatic heterocycles. The monoisotopic (exact) mass is 331 g/mol. The summed E-state index contributed by atoms with van der Waals surface area (Å²) in [5.74, 6) is -0.133. The van der Waals surface area contributed by atoms with E-state index in [1.165, 1.54) is 17.6 Å². The Morgan fingerprint density at radius 1 is 1.33 bits per heavy atom. The molecule has 7 heteroatoms. The first-order chi connectivity index (χ1) is 11.4. The lowest BCUT2D eigenvalue weighted by molar-refractivity contribution is -0.124. The number of nitrogens with one attached hydrogen (secondary N) is 1. The number of likely N-dealkylation sites (tertiary alicyclic amines) is 1. The van der Waals surface area contributed by atoms with Gasteiger partial charge in [0.2, 0.25) is 0 Å². The third-order valence-corrected chi connectivity index (χ3v) is 4.76. The van der Waals surface area contributed by atoms with Crippen LogP contribution in [0.25, 0.3) is 6.08 Å². The van der Waals surface area contributed by atoms with Gasteiger partial charge < -0.3 is 14.5 Å². The Labute approximate surface area is 140 Å². The Hall–Kier alpha value is -2.38. The van der Waals surface area contributed by atoms with E-state index < -0.39 is 11.6 Å². The van der Waals surface area contributed by atoms with Gasteiger partial charge in [-0.15, -0.1) is 0 Å². The van der Waals surface area contributed by atoms with Crippen molar-refractivity contribution in [2.75, 3.05) is 27.2 Å². The largest absolute Gasteiger partial charge is 0.467 e. The molecule has 1 fully saturated rings. The van der Waals surface area contributed by atoms with E-state index in [2.05, 4.69) is 11.9 Å². The number of piperidine rings is 1. The van der Waals surface area contributed by atoms with E-state index in [0.29, 0.717) is 16.9 Å². The second-order valence-electron chi connectivity index (χ2n) is 6.28. The van der Waals surface area contributed by atoms with E-state index in [0.717, 1.165) is 25.9 Å². The van der Waals surface area contributed by atoms with Crippen LogP contribution in [-0.2, 0) is 4.79 Å². The molecule has 0 saturated carbocycles. The maximum atomic E-state index is 12.8. The number of benzene rings is 1. The summed E-state index contributed by atoms with van der Waals surface area (Å²) in [6, 6.07) is 5.23. The van der Waals surface area contributed by atoms with Crippen molar-refractivity contribution in [1.82, 2.24) is 15.3 Å². The lowest BCUT2D eigenvalue weighted by Crippen LogP contribution is -2.61. The van der Waals surface area contributed by atoms with Crippen molar-refractivity contribution in [3.8, 4) is 5.75 Å². The zero-order valence-corrected chi connectivity index (χ0v) is 13.8. The molecule has 3 rings (SSSR count). The van der Waals surface area contributed by atoms with Gasteiger partial charge in [0.15, 0.2) is 5.72 Å². The fraction of sp³-hybridized carbons (Fsp3) is 0.412. The Morgan fingerprint density at radius 2 is 2.04 bits per heavy atom. The zero-order valence-electron chi connectivity index (χ0n) is 13.8. The second-order valence-corrected chi connectivity index (χ2v) is 6.28. The molecule has 0 radical (unpaired) electrons. The minimum absolute atomic E-state index is 0.0809. The van der Waals surface area contributed by atoms with E-state index in [1.54, 1.807) is 30.1 Å². The Bertz CT molecular complexity index is 693. The van der Waals surface area contributed by atoms with Crippen LogP contribution in [0.4, 0.5) is 0 Å². The summed E-state index contributed by atoms with van der Waals surface area (Å²) in [4.78, 5) is 27.8. The number of fused-ring (bicyclic) bond motifs is 1. The molecule has 1 saturated heterocycles. The summed E-state index contributed by atoms with van der Waals surface area (Å²) in [5, 5.41) is 8.51. The van der Waals surface area contributed by atoms with Crippen LogP contribution in [0.5, 0.6) is 5.75 Å². The van der Waals surface area contributed by atoms with Crippen LogP contribution < -0.4 is 10.2 Å². The Balaban J connectivity index is 1.89.